The van der Waals surface area contributed by atoms with Crippen LogP contribution in [0, 0.1) is 6.92 Å². The highest BCUT2D eigenvalue weighted by Crippen LogP contribution is 2.29. The van der Waals surface area contributed by atoms with E-state index in [1.807, 2.05) is 26.0 Å². The molecular formula is C20H24N2O2S2. The largest absolute Gasteiger partial charge is 0.493 e. The Balaban J connectivity index is 1.73. The molecule has 0 bridgehead atoms. The summed E-state index contributed by atoms with van der Waals surface area (Å²) in [5.74, 6) is 1.55. The van der Waals surface area contributed by atoms with Gasteiger partial charge in [-0.3, -0.25) is 0 Å². The van der Waals surface area contributed by atoms with Gasteiger partial charge in [0.2, 0.25) is 0 Å². The molecule has 1 unspecified atom stereocenters. The number of rotatable bonds is 9. The third-order valence-corrected chi connectivity index (χ3v) is 5.98. The predicted octanol–water partition coefficient (Wildman–Crippen LogP) is 4.99. The lowest BCUT2D eigenvalue weighted by Gasteiger charge is -2.17. The van der Waals surface area contributed by atoms with E-state index >= 15 is 0 Å². The molecule has 3 rings (SSSR count). The van der Waals surface area contributed by atoms with Crippen LogP contribution in [0.2, 0.25) is 0 Å². The Hall–Kier alpha value is -1.89. The summed E-state index contributed by atoms with van der Waals surface area (Å²) in [5, 5.41) is 9.03. The quantitative estimate of drug-likeness (QED) is 0.560. The fourth-order valence-corrected chi connectivity index (χ4v) is 4.37. The van der Waals surface area contributed by atoms with E-state index in [0.29, 0.717) is 6.61 Å². The van der Waals surface area contributed by atoms with Crippen molar-refractivity contribution in [2.24, 2.45) is 0 Å². The third kappa shape index (κ3) is 4.84. The number of nitrogens with zero attached hydrogens (tertiary/aromatic N) is 1. The first-order chi connectivity index (χ1) is 12.7. The number of thiophene rings is 1. The summed E-state index contributed by atoms with van der Waals surface area (Å²) in [6, 6.07) is 10.6. The van der Waals surface area contributed by atoms with Gasteiger partial charge in [0.15, 0.2) is 11.5 Å². The van der Waals surface area contributed by atoms with E-state index in [2.05, 4.69) is 34.3 Å². The Morgan fingerprint density at radius 3 is 2.73 bits per heavy atom. The maximum atomic E-state index is 5.60. The van der Waals surface area contributed by atoms with Gasteiger partial charge >= 0.3 is 0 Å². The summed E-state index contributed by atoms with van der Waals surface area (Å²) in [4.78, 5) is 6.05. The number of aromatic nitrogens is 1. The molecule has 1 atom stereocenters. The standard InChI is InChI=1S/C20H24N2O2S2/c1-4-24-18-8-7-15(10-19(18)23-3)12-21-17(11-16-6-5-9-25-16)20-22-14(2)13-26-20/h5-10,13,17,21H,4,11-12H2,1-3H3. The monoisotopic (exact) mass is 388 g/mol. The summed E-state index contributed by atoms with van der Waals surface area (Å²) in [7, 11) is 1.67. The minimum atomic E-state index is 0.199. The molecule has 0 aliphatic rings. The van der Waals surface area contributed by atoms with Gasteiger partial charge in [-0.05, 0) is 43.0 Å². The van der Waals surface area contributed by atoms with Gasteiger partial charge in [0, 0.05) is 28.9 Å². The van der Waals surface area contributed by atoms with Crippen LogP contribution in [-0.4, -0.2) is 18.7 Å². The van der Waals surface area contributed by atoms with Gasteiger partial charge in [-0.1, -0.05) is 12.1 Å². The minimum absolute atomic E-state index is 0.199. The molecule has 138 valence electrons. The van der Waals surface area contributed by atoms with Crippen molar-refractivity contribution in [3.05, 3.63) is 62.2 Å². The molecular weight excluding hydrogens is 364 g/mol. The van der Waals surface area contributed by atoms with Gasteiger partial charge < -0.3 is 14.8 Å². The first kappa shape index (κ1) is 18.9. The highest BCUT2D eigenvalue weighted by Gasteiger charge is 2.16. The van der Waals surface area contributed by atoms with E-state index < -0.39 is 0 Å². The van der Waals surface area contributed by atoms with Gasteiger partial charge in [0.1, 0.15) is 5.01 Å². The lowest BCUT2D eigenvalue weighted by molar-refractivity contribution is 0.310. The second-order valence-corrected chi connectivity index (χ2v) is 7.88. The zero-order chi connectivity index (χ0) is 18.4. The molecule has 1 N–H and O–H groups in total. The summed E-state index contributed by atoms with van der Waals surface area (Å²) < 4.78 is 11.1. The molecule has 6 heteroatoms. The second-order valence-electron chi connectivity index (χ2n) is 5.96. The molecule has 0 amide bonds. The average molecular weight is 389 g/mol. The Bertz CT molecular complexity index is 815. The van der Waals surface area contributed by atoms with Crippen LogP contribution < -0.4 is 14.8 Å². The highest BCUT2D eigenvalue weighted by atomic mass is 32.1. The number of hydrogen-bond acceptors (Lipinski definition) is 6. The van der Waals surface area contributed by atoms with Crippen molar-refractivity contribution in [2.45, 2.75) is 32.9 Å². The molecule has 3 aromatic rings. The van der Waals surface area contributed by atoms with Crippen LogP contribution >= 0.6 is 22.7 Å². The number of thiazole rings is 1. The van der Waals surface area contributed by atoms with Crippen molar-refractivity contribution in [1.82, 2.24) is 10.3 Å². The second kappa shape index (κ2) is 9.16. The maximum Gasteiger partial charge on any atom is 0.161 e. The van der Waals surface area contributed by atoms with Crippen LogP contribution in [-0.2, 0) is 13.0 Å². The van der Waals surface area contributed by atoms with Gasteiger partial charge in [-0.25, -0.2) is 4.98 Å². The Morgan fingerprint density at radius 1 is 1.19 bits per heavy atom. The van der Waals surface area contributed by atoms with Crippen LogP contribution in [0.1, 0.15) is 34.1 Å². The van der Waals surface area contributed by atoms with Gasteiger partial charge in [0.25, 0.3) is 0 Å². The Morgan fingerprint density at radius 2 is 2.08 bits per heavy atom. The minimum Gasteiger partial charge on any atom is -0.493 e. The summed E-state index contributed by atoms with van der Waals surface area (Å²) >= 11 is 3.51. The topological polar surface area (TPSA) is 43.4 Å². The third-order valence-electron chi connectivity index (χ3n) is 4.00. The lowest BCUT2D eigenvalue weighted by atomic mass is 10.1. The molecule has 0 saturated carbocycles. The van der Waals surface area contributed by atoms with Crippen molar-refractivity contribution in [3.8, 4) is 11.5 Å². The number of benzene rings is 1. The zero-order valence-electron chi connectivity index (χ0n) is 15.3. The molecule has 26 heavy (non-hydrogen) atoms. The van der Waals surface area contributed by atoms with E-state index in [1.165, 1.54) is 4.88 Å². The number of ether oxygens (including phenoxy) is 2. The lowest BCUT2D eigenvalue weighted by Crippen LogP contribution is -2.22. The molecule has 1 aromatic carbocycles. The van der Waals surface area contributed by atoms with E-state index in [1.54, 1.807) is 29.8 Å². The van der Waals surface area contributed by atoms with Crippen molar-refractivity contribution in [1.29, 1.82) is 0 Å². The normalized spacial score (nSPS) is 12.1. The number of hydrogen-bond donors (Lipinski definition) is 1. The Labute approximate surface area is 162 Å². The molecule has 0 aliphatic carbocycles. The summed E-state index contributed by atoms with van der Waals surface area (Å²) in [6.45, 7) is 5.39. The first-order valence-corrected chi connectivity index (χ1v) is 10.4. The van der Waals surface area contributed by atoms with Crippen LogP contribution in [0.3, 0.4) is 0 Å². The molecule has 0 spiro atoms. The molecule has 0 aliphatic heterocycles. The maximum absolute atomic E-state index is 5.60. The summed E-state index contributed by atoms with van der Waals surface area (Å²) in [5.41, 5.74) is 2.24. The highest BCUT2D eigenvalue weighted by molar-refractivity contribution is 7.10. The zero-order valence-corrected chi connectivity index (χ0v) is 17.0. The van der Waals surface area contributed by atoms with Crippen LogP contribution in [0.25, 0.3) is 0 Å². The molecule has 2 heterocycles. The van der Waals surface area contributed by atoms with E-state index in [4.69, 9.17) is 14.5 Å². The predicted molar refractivity (Wildman–Crippen MR) is 109 cm³/mol. The fourth-order valence-electron chi connectivity index (χ4n) is 2.75. The Kier molecular flexibility index (Phi) is 6.66. The van der Waals surface area contributed by atoms with Crippen molar-refractivity contribution in [2.75, 3.05) is 13.7 Å². The van der Waals surface area contributed by atoms with Crippen LogP contribution in [0.4, 0.5) is 0 Å². The molecule has 0 saturated heterocycles. The van der Waals surface area contributed by atoms with Gasteiger partial charge in [-0.2, -0.15) is 0 Å². The van der Waals surface area contributed by atoms with Crippen LogP contribution in [0.5, 0.6) is 11.5 Å². The van der Waals surface area contributed by atoms with Crippen molar-refractivity contribution in [3.63, 3.8) is 0 Å². The molecule has 0 radical (unpaired) electrons. The number of methoxy groups -OCH3 is 1. The SMILES string of the molecule is CCOc1ccc(CNC(Cc2cccs2)c2nc(C)cs2)cc1OC. The van der Waals surface area contributed by atoms with E-state index in [0.717, 1.165) is 40.7 Å². The molecule has 0 fully saturated rings. The van der Waals surface area contributed by atoms with E-state index in [9.17, 15) is 0 Å². The van der Waals surface area contributed by atoms with Crippen LogP contribution in [0.15, 0.2) is 41.1 Å². The van der Waals surface area contributed by atoms with Gasteiger partial charge in [-0.15, -0.1) is 22.7 Å². The first-order valence-electron chi connectivity index (χ1n) is 8.67. The smallest absolute Gasteiger partial charge is 0.161 e. The molecule has 2 aromatic heterocycles. The van der Waals surface area contributed by atoms with E-state index in [-0.39, 0.29) is 6.04 Å². The van der Waals surface area contributed by atoms with Gasteiger partial charge in [0.05, 0.1) is 19.8 Å². The van der Waals surface area contributed by atoms with Crippen molar-refractivity contribution < 1.29 is 9.47 Å². The van der Waals surface area contributed by atoms with Crippen molar-refractivity contribution >= 4 is 22.7 Å². The summed E-state index contributed by atoms with van der Waals surface area (Å²) in [6.07, 6.45) is 0.943. The fraction of sp³-hybridized carbons (Fsp3) is 0.350. The molecule has 4 nitrogen and oxygen atoms in total. The average Bonchev–Trinajstić information content (AvgIpc) is 3.31. The number of aryl methyl sites for hydroxylation is 1. The number of nitrogens with one attached hydrogen (secondary N) is 1.